The van der Waals surface area contributed by atoms with Gasteiger partial charge in [0.15, 0.2) is 0 Å². The lowest BCUT2D eigenvalue weighted by Gasteiger charge is -2.33. The Morgan fingerprint density at radius 1 is 1.26 bits per heavy atom. The van der Waals surface area contributed by atoms with E-state index in [9.17, 15) is 14.7 Å². The molecule has 1 aromatic heterocycles. The van der Waals surface area contributed by atoms with Crippen LogP contribution in [0.1, 0.15) is 28.9 Å². The molecule has 0 bridgehead atoms. The Balaban J connectivity index is 1.98. The number of hydrogen-bond donors (Lipinski definition) is 2. The lowest BCUT2D eigenvalue weighted by atomic mass is 9.91. The minimum absolute atomic E-state index is 0.346. The van der Waals surface area contributed by atoms with E-state index in [-0.39, 0.29) is 5.91 Å². The molecule has 3 rings (SSSR count). The van der Waals surface area contributed by atoms with E-state index in [2.05, 4.69) is 10.3 Å². The first kappa shape index (κ1) is 15.8. The third kappa shape index (κ3) is 3.03. The third-order valence-electron chi connectivity index (χ3n) is 4.20. The van der Waals surface area contributed by atoms with Crippen molar-refractivity contribution in [1.82, 2.24) is 10.3 Å². The molecule has 5 nitrogen and oxygen atoms in total. The highest BCUT2D eigenvalue weighted by Crippen LogP contribution is 2.28. The summed E-state index contributed by atoms with van der Waals surface area (Å²) in [5.74, 6) is 0.174. The highest BCUT2D eigenvalue weighted by molar-refractivity contribution is 7.99. The number of nitrogens with zero attached hydrogens (tertiary/aromatic N) is 1. The second-order valence-corrected chi connectivity index (χ2v) is 7.01. The Morgan fingerprint density at radius 3 is 2.65 bits per heavy atom. The first-order valence-corrected chi connectivity index (χ1v) is 8.67. The van der Waals surface area contributed by atoms with E-state index in [1.807, 2.05) is 31.2 Å². The third-order valence-corrected chi connectivity index (χ3v) is 5.18. The van der Waals surface area contributed by atoms with Gasteiger partial charge in [0.1, 0.15) is 5.54 Å². The number of aryl methyl sites for hydroxylation is 1. The average Bonchev–Trinajstić information content (AvgIpc) is 2.54. The molecule has 1 aliphatic rings. The van der Waals surface area contributed by atoms with Crippen LogP contribution in [0.4, 0.5) is 0 Å². The highest BCUT2D eigenvalue weighted by Gasteiger charge is 2.41. The largest absolute Gasteiger partial charge is 0.480 e. The van der Waals surface area contributed by atoms with Crippen molar-refractivity contribution in [2.45, 2.75) is 25.3 Å². The molecule has 1 saturated heterocycles. The molecular formula is C17H18N2O3S. The van der Waals surface area contributed by atoms with Crippen molar-refractivity contribution >= 4 is 34.5 Å². The fourth-order valence-electron chi connectivity index (χ4n) is 2.89. The topological polar surface area (TPSA) is 79.3 Å². The number of carboxylic acid groups (broad SMARTS) is 1. The van der Waals surface area contributed by atoms with E-state index in [1.165, 1.54) is 0 Å². The molecule has 0 radical (unpaired) electrons. The maximum Gasteiger partial charge on any atom is 0.329 e. The molecule has 2 heterocycles. The first-order chi connectivity index (χ1) is 11.0. The molecule has 1 aliphatic heterocycles. The predicted octanol–water partition coefficient (Wildman–Crippen LogP) is 2.62. The molecule has 120 valence electrons. The van der Waals surface area contributed by atoms with Crippen molar-refractivity contribution in [3.8, 4) is 0 Å². The summed E-state index contributed by atoms with van der Waals surface area (Å²) in [5, 5.41) is 13.1. The van der Waals surface area contributed by atoms with Gasteiger partial charge in [0.2, 0.25) is 0 Å². The predicted molar refractivity (Wildman–Crippen MR) is 90.9 cm³/mol. The Hall–Kier alpha value is -2.08. The number of benzene rings is 1. The van der Waals surface area contributed by atoms with Crippen LogP contribution in [0.2, 0.25) is 0 Å². The highest BCUT2D eigenvalue weighted by atomic mass is 32.2. The molecular weight excluding hydrogens is 312 g/mol. The van der Waals surface area contributed by atoms with Crippen LogP contribution in [0.5, 0.6) is 0 Å². The Bertz CT molecular complexity index is 770. The van der Waals surface area contributed by atoms with Crippen molar-refractivity contribution in [1.29, 1.82) is 0 Å². The van der Waals surface area contributed by atoms with Gasteiger partial charge in [-0.3, -0.25) is 9.78 Å². The van der Waals surface area contributed by atoms with Gasteiger partial charge in [0, 0.05) is 11.1 Å². The van der Waals surface area contributed by atoms with Crippen LogP contribution in [0.25, 0.3) is 10.9 Å². The first-order valence-electron chi connectivity index (χ1n) is 7.52. The number of amides is 1. The summed E-state index contributed by atoms with van der Waals surface area (Å²) in [6.07, 6.45) is 0.890. The van der Waals surface area contributed by atoms with Gasteiger partial charge >= 0.3 is 5.97 Å². The minimum atomic E-state index is -1.17. The lowest BCUT2D eigenvalue weighted by Crippen LogP contribution is -2.56. The molecule has 1 fully saturated rings. The molecule has 23 heavy (non-hydrogen) atoms. The molecule has 1 amide bonds. The minimum Gasteiger partial charge on any atom is -0.480 e. The summed E-state index contributed by atoms with van der Waals surface area (Å²) in [4.78, 5) is 28.9. The van der Waals surface area contributed by atoms with Gasteiger partial charge in [-0.15, -0.1) is 0 Å². The van der Waals surface area contributed by atoms with Gasteiger partial charge in [-0.1, -0.05) is 18.2 Å². The van der Waals surface area contributed by atoms with Crippen molar-refractivity contribution in [2.24, 2.45) is 0 Å². The van der Waals surface area contributed by atoms with Crippen LogP contribution in [0.3, 0.4) is 0 Å². The number of rotatable bonds is 3. The number of aliphatic carboxylic acids is 1. The Kier molecular flexibility index (Phi) is 4.26. The Morgan fingerprint density at radius 2 is 1.96 bits per heavy atom. The van der Waals surface area contributed by atoms with Crippen LogP contribution < -0.4 is 5.32 Å². The molecule has 0 saturated carbocycles. The van der Waals surface area contributed by atoms with Crippen molar-refractivity contribution in [3.63, 3.8) is 0 Å². The number of pyridine rings is 1. The fourth-order valence-corrected chi connectivity index (χ4v) is 4.08. The number of hydrogen-bond acceptors (Lipinski definition) is 4. The number of nitrogens with one attached hydrogen (secondary N) is 1. The van der Waals surface area contributed by atoms with Crippen molar-refractivity contribution < 1.29 is 14.7 Å². The van der Waals surface area contributed by atoms with Gasteiger partial charge < -0.3 is 10.4 Å². The van der Waals surface area contributed by atoms with Gasteiger partial charge in [0.05, 0.1) is 11.1 Å². The molecule has 2 aromatic rings. The Labute approximate surface area is 138 Å². The monoisotopic (exact) mass is 330 g/mol. The number of carbonyl (C=O) groups is 2. The zero-order valence-corrected chi connectivity index (χ0v) is 13.7. The summed E-state index contributed by atoms with van der Waals surface area (Å²) in [6, 6.07) is 9.11. The van der Waals surface area contributed by atoms with Crippen molar-refractivity contribution in [2.75, 3.05) is 11.5 Å². The van der Waals surface area contributed by atoms with Gasteiger partial charge in [-0.2, -0.15) is 11.8 Å². The van der Waals surface area contributed by atoms with E-state index in [1.54, 1.807) is 17.8 Å². The number of carboxylic acids is 1. The number of thioether (sulfide) groups is 1. The SMILES string of the molecule is Cc1cc(C(=O)NC2(C(=O)O)CCSCC2)c2ccccc2n1. The molecule has 6 heteroatoms. The van der Waals surface area contributed by atoms with Crippen LogP contribution in [-0.4, -0.2) is 39.0 Å². The fraction of sp³-hybridized carbons (Fsp3) is 0.353. The van der Waals surface area contributed by atoms with Gasteiger partial charge in [-0.05, 0) is 43.4 Å². The standard InChI is InChI=1S/C17H18N2O3S/c1-11-10-13(12-4-2-3-5-14(12)18-11)15(20)19-17(16(21)22)6-8-23-9-7-17/h2-5,10H,6-9H2,1H3,(H,19,20)(H,21,22). The smallest absolute Gasteiger partial charge is 0.329 e. The average molecular weight is 330 g/mol. The molecule has 0 spiro atoms. The number of aromatic nitrogens is 1. The maximum absolute atomic E-state index is 12.8. The van der Waals surface area contributed by atoms with Crippen LogP contribution in [0.15, 0.2) is 30.3 Å². The van der Waals surface area contributed by atoms with Gasteiger partial charge in [0.25, 0.3) is 5.91 Å². The summed E-state index contributed by atoms with van der Waals surface area (Å²) < 4.78 is 0. The van der Waals surface area contributed by atoms with E-state index in [4.69, 9.17) is 0 Å². The lowest BCUT2D eigenvalue weighted by molar-refractivity contribution is -0.144. The van der Waals surface area contributed by atoms with Crippen LogP contribution in [0, 0.1) is 6.92 Å². The molecule has 1 aromatic carbocycles. The van der Waals surface area contributed by atoms with Crippen LogP contribution >= 0.6 is 11.8 Å². The quantitative estimate of drug-likeness (QED) is 0.904. The normalized spacial score (nSPS) is 16.9. The number of carbonyl (C=O) groups excluding carboxylic acids is 1. The second-order valence-electron chi connectivity index (χ2n) is 5.78. The van der Waals surface area contributed by atoms with Crippen molar-refractivity contribution in [3.05, 3.63) is 41.6 Å². The molecule has 0 unspecified atom stereocenters. The van der Waals surface area contributed by atoms with E-state index in [0.29, 0.717) is 18.4 Å². The molecule has 2 N–H and O–H groups in total. The summed E-state index contributed by atoms with van der Waals surface area (Å²) in [7, 11) is 0. The second kappa shape index (κ2) is 6.20. The van der Waals surface area contributed by atoms with E-state index >= 15 is 0 Å². The van der Waals surface area contributed by atoms with Crippen LogP contribution in [-0.2, 0) is 4.79 Å². The zero-order chi connectivity index (χ0) is 16.4. The summed E-state index contributed by atoms with van der Waals surface area (Å²) in [5.41, 5.74) is 0.784. The number of fused-ring (bicyclic) bond motifs is 1. The van der Waals surface area contributed by atoms with Gasteiger partial charge in [-0.25, -0.2) is 4.79 Å². The van der Waals surface area contributed by atoms with E-state index < -0.39 is 11.5 Å². The maximum atomic E-state index is 12.8. The number of para-hydroxylation sites is 1. The summed E-state index contributed by atoms with van der Waals surface area (Å²) >= 11 is 1.72. The molecule has 0 aliphatic carbocycles. The zero-order valence-electron chi connectivity index (χ0n) is 12.8. The molecule has 0 atom stereocenters. The van der Waals surface area contributed by atoms with E-state index in [0.717, 1.165) is 28.1 Å². The summed E-state index contributed by atoms with van der Waals surface area (Å²) in [6.45, 7) is 1.83.